The third-order valence-corrected chi connectivity index (χ3v) is 2.23. The van der Waals surface area contributed by atoms with E-state index in [9.17, 15) is 19.7 Å². The molecule has 1 aromatic rings. The Hall–Kier alpha value is -2.50. The maximum Gasteiger partial charge on any atom is 0.282 e. The Labute approximate surface area is 103 Å². The fourth-order valence-electron chi connectivity index (χ4n) is 1.23. The molecule has 1 rings (SSSR count). The fraction of sp³-hybridized carbons (Fsp3) is 0.167. The van der Waals surface area contributed by atoms with E-state index in [-0.39, 0.29) is 23.6 Å². The van der Waals surface area contributed by atoms with Crippen LogP contribution in [-0.4, -0.2) is 23.2 Å². The van der Waals surface area contributed by atoms with Gasteiger partial charge >= 0.3 is 0 Å². The van der Waals surface area contributed by atoms with Crippen LogP contribution in [0.5, 0.6) is 0 Å². The molecule has 0 saturated carbocycles. The summed E-state index contributed by atoms with van der Waals surface area (Å²) in [5, 5.41) is 13.0. The molecule has 0 fully saturated rings. The van der Waals surface area contributed by atoms with Gasteiger partial charge in [0.15, 0.2) is 5.78 Å². The number of carbonyl (C=O) groups is 2. The van der Waals surface area contributed by atoms with Crippen LogP contribution in [0.2, 0.25) is 0 Å². The molecule has 0 aliphatic rings. The normalized spacial score (nSPS) is 9.61. The molecule has 0 bridgehead atoms. The highest BCUT2D eigenvalue weighted by molar-refractivity contribution is 6.02. The Balaban J connectivity index is 2.82. The molecule has 6 heteroatoms. The van der Waals surface area contributed by atoms with E-state index in [2.05, 4.69) is 11.9 Å². The molecular formula is C12H12N2O4. The zero-order valence-corrected chi connectivity index (χ0v) is 9.80. The monoisotopic (exact) mass is 248 g/mol. The van der Waals surface area contributed by atoms with Crippen LogP contribution in [0.4, 0.5) is 5.69 Å². The van der Waals surface area contributed by atoms with Crippen LogP contribution in [-0.2, 0) is 4.79 Å². The molecular weight excluding hydrogens is 236 g/mol. The highest BCUT2D eigenvalue weighted by atomic mass is 16.6. The predicted octanol–water partition coefficient (Wildman–Crippen LogP) is 1.47. The van der Waals surface area contributed by atoms with Crippen LogP contribution < -0.4 is 5.32 Å². The van der Waals surface area contributed by atoms with E-state index < -0.39 is 10.8 Å². The van der Waals surface area contributed by atoms with Gasteiger partial charge in [0.25, 0.3) is 11.6 Å². The van der Waals surface area contributed by atoms with E-state index in [1.165, 1.54) is 31.2 Å². The van der Waals surface area contributed by atoms with Crippen LogP contribution in [0.25, 0.3) is 0 Å². The molecule has 0 saturated heterocycles. The number of Topliss-reactive ketones (excluding diaryl/α,β-unsaturated/α-hetero) is 1. The molecule has 0 atom stereocenters. The van der Waals surface area contributed by atoms with Gasteiger partial charge < -0.3 is 5.32 Å². The Morgan fingerprint density at radius 3 is 2.56 bits per heavy atom. The molecule has 0 spiro atoms. The zero-order chi connectivity index (χ0) is 13.7. The van der Waals surface area contributed by atoms with Crippen molar-refractivity contribution in [1.29, 1.82) is 0 Å². The summed E-state index contributed by atoms with van der Waals surface area (Å²) in [6, 6.07) is 5.55. The lowest BCUT2D eigenvalue weighted by atomic mass is 10.1. The van der Waals surface area contributed by atoms with Crippen molar-refractivity contribution in [3.63, 3.8) is 0 Å². The van der Waals surface area contributed by atoms with Crippen molar-refractivity contribution in [3.8, 4) is 0 Å². The highest BCUT2D eigenvalue weighted by Gasteiger charge is 2.19. The first-order valence-electron chi connectivity index (χ1n) is 5.14. The lowest BCUT2D eigenvalue weighted by molar-refractivity contribution is -0.385. The summed E-state index contributed by atoms with van der Waals surface area (Å²) in [5.74, 6) is -0.973. The smallest absolute Gasteiger partial charge is 0.282 e. The molecule has 1 aromatic carbocycles. The molecule has 0 aliphatic carbocycles. The minimum Gasteiger partial charge on any atom is -0.344 e. The fourth-order valence-corrected chi connectivity index (χ4v) is 1.23. The number of hydrogen-bond acceptors (Lipinski definition) is 4. The summed E-state index contributed by atoms with van der Waals surface area (Å²) in [4.78, 5) is 33.0. The van der Waals surface area contributed by atoms with Crippen molar-refractivity contribution >= 4 is 17.4 Å². The second kappa shape index (κ2) is 5.72. The van der Waals surface area contributed by atoms with Gasteiger partial charge in [0.05, 0.1) is 11.5 Å². The number of nitro benzene ring substituents is 1. The van der Waals surface area contributed by atoms with E-state index in [0.717, 1.165) is 0 Å². The van der Waals surface area contributed by atoms with Crippen LogP contribution in [0.3, 0.4) is 0 Å². The summed E-state index contributed by atoms with van der Waals surface area (Å²) in [5.41, 5.74) is -0.0485. The van der Waals surface area contributed by atoms with Crippen LogP contribution >= 0.6 is 0 Å². The highest BCUT2D eigenvalue weighted by Crippen LogP contribution is 2.17. The Morgan fingerprint density at radius 1 is 1.39 bits per heavy atom. The first-order valence-corrected chi connectivity index (χ1v) is 5.14. The van der Waals surface area contributed by atoms with Gasteiger partial charge in [-0.3, -0.25) is 19.7 Å². The van der Waals surface area contributed by atoms with Gasteiger partial charge in [-0.25, -0.2) is 0 Å². The molecule has 0 aromatic heterocycles. The van der Waals surface area contributed by atoms with Crippen LogP contribution in [0.1, 0.15) is 17.3 Å². The SMILES string of the molecule is C=C(C)C(=O)CNC(=O)c1ccccc1[N+](=O)[O-]. The lowest BCUT2D eigenvalue weighted by Crippen LogP contribution is -2.30. The number of rotatable bonds is 5. The summed E-state index contributed by atoms with van der Waals surface area (Å²) in [6.45, 7) is 4.75. The van der Waals surface area contributed by atoms with Crippen molar-refractivity contribution in [2.24, 2.45) is 0 Å². The molecule has 0 radical (unpaired) electrons. The first kappa shape index (κ1) is 13.6. The second-order valence-corrected chi connectivity index (χ2v) is 3.66. The maximum atomic E-state index is 11.7. The quantitative estimate of drug-likeness (QED) is 0.485. The van der Waals surface area contributed by atoms with Crippen molar-refractivity contribution < 1.29 is 14.5 Å². The second-order valence-electron chi connectivity index (χ2n) is 3.66. The molecule has 94 valence electrons. The maximum absolute atomic E-state index is 11.7. The minimum absolute atomic E-state index is 0.0722. The van der Waals surface area contributed by atoms with Gasteiger partial charge in [-0.1, -0.05) is 18.7 Å². The predicted molar refractivity (Wildman–Crippen MR) is 65.3 cm³/mol. The molecule has 1 N–H and O–H groups in total. The van der Waals surface area contributed by atoms with Crippen LogP contribution in [0, 0.1) is 10.1 Å². The minimum atomic E-state index is -0.656. The molecule has 0 heterocycles. The lowest BCUT2D eigenvalue weighted by Gasteiger charge is -2.04. The molecule has 0 unspecified atom stereocenters. The number of ketones is 1. The van der Waals surface area contributed by atoms with E-state index >= 15 is 0 Å². The third kappa shape index (κ3) is 3.24. The zero-order valence-electron chi connectivity index (χ0n) is 9.80. The van der Waals surface area contributed by atoms with E-state index in [0.29, 0.717) is 5.57 Å². The Morgan fingerprint density at radius 2 is 2.00 bits per heavy atom. The summed E-state index contributed by atoms with van der Waals surface area (Å²) in [6.07, 6.45) is 0. The first-order chi connectivity index (χ1) is 8.43. The molecule has 18 heavy (non-hydrogen) atoms. The van der Waals surface area contributed by atoms with E-state index in [1.54, 1.807) is 0 Å². The number of amides is 1. The molecule has 0 aliphatic heterocycles. The van der Waals surface area contributed by atoms with Gasteiger partial charge in [0.2, 0.25) is 0 Å². The van der Waals surface area contributed by atoms with Crippen LogP contribution in [0.15, 0.2) is 36.4 Å². The molecule has 1 amide bonds. The number of nitrogens with zero attached hydrogens (tertiary/aromatic N) is 1. The van der Waals surface area contributed by atoms with E-state index in [1.807, 2.05) is 0 Å². The number of hydrogen-bond donors (Lipinski definition) is 1. The van der Waals surface area contributed by atoms with Gasteiger partial charge in [0.1, 0.15) is 5.56 Å². The number of nitro groups is 1. The number of benzene rings is 1. The summed E-state index contributed by atoms with van der Waals surface area (Å²) < 4.78 is 0. The third-order valence-electron chi connectivity index (χ3n) is 2.23. The Kier molecular flexibility index (Phi) is 4.31. The molecule has 6 nitrogen and oxygen atoms in total. The van der Waals surface area contributed by atoms with Crippen molar-refractivity contribution in [2.75, 3.05) is 6.54 Å². The topological polar surface area (TPSA) is 89.3 Å². The van der Waals surface area contributed by atoms with E-state index in [4.69, 9.17) is 0 Å². The van der Waals surface area contributed by atoms with Gasteiger partial charge in [-0.15, -0.1) is 0 Å². The Bertz CT molecular complexity index is 523. The van der Waals surface area contributed by atoms with Gasteiger partial charge in [0, 0.05) is 6.07 Å². The standard InChI is InChI=1S/C12H12N2O4/c1-8(2)11(15)7-13-12(16)9-5-3-4-6-10(9)14(17)18/h3-6H,1,7H2,2H3,(H,13,16). The van der Waals surface area contributed by atoms with Gasteiger partial charge in [-0.2, -0.15) is 0 Å². The summed E-state index contributed by atoms with van der Waals surface area (Å²) in [7, 11) is 0. The van der Waals surface area contributed by atoms with Crippen molar-refractivity contribution in [1.82, 2.24) is 5.32 Å². The number of para-hydroxylation sites is 1. The van der Waals surface area contributed by atoms with Crippen molar-refractivity contribution in [2.45, 2.75) is 6.92 Å². The largest absolute Gasteiger partial charge is 0.344 e. The average Bonchev–Trinajstić information content (AvgIpc) is 2.35. The number of nitrogens with one attached hydrogen (secondary N) is 1. The number of carbonyl (C=O) groups excluding carboxylic acids is 2. The van der Waals surface area contributed by atoms with Gasteiger partial charge in [-0.05, 0) is 18.6 Å². The summed E-state index contributed by atoms with van der Waals surface area (Å²) >= 11 is 0. The van der Waals surface area contributed by atoms with Crippen molar-refractivity contribution in [3.05, 3.63) is 52.1 Å². The average molecular weight is 248 g/mol.